The van der Waals surface area contributed by atoms with Crippen LogP contribution < -0.4 is 4.74 Å². The van der Waals surface area contributed by atoms with Crippen LogP contribution in [-0.4, -0.2) is 50.6 Å². The summed E-state index contributed by atoms with van der Waals surface area (Å²) in [6.45, 7) is 7.52. The van der Waals surface area contributed by atoms with Gasteiger partial charge in [0.25, 0.3) is 0 Å². The van der Waals surface area contributed by atoms with E-state index in [1.807, 2.05) is 26.0 Å². The molecule has 0 saturated carbocycles. The Morgan fingerprint density at radius 1 is 1.26 bits per heavy atom. The lowest BCUT2D eigenvalue weighted by Crippen LogP contribution is -2.39. The molecule has 1 aromatic rings. The molecule has 19 heavy (non-hydrogen) atoms. The van der Waals surface area contributed by atoms with Crippen molar-refractivity contribution in [3.8, 4) is 5.75 Å². The molecule has 0 radical (unpaired) electrons. The van der Waals surface area contributed by atoms with Gasteiger partial charge in [0.05, 0.1) is 32.4 Å². The van der Waals surface area contributed by atoms with Gasteiger partial charge in [0.2, 0.25) is 0 Å². The largest absolute Gasteiger partial charge is 0.496 e. The Morgan fingerprint density at radius 3 is 2.53 bits per heavy atom. The molecule has 1 aromatic carbocycles. The number of methoxy groups -OCH3 is 1. The van der Waals surface area contributed by atoms with Crippen molar-refractivity contribution in [1.82, 2.24) is 4.90 Å². The molecule has 1 fully saturated rings. The Balaban J connectivity index is 2.15. The van der Waals surface area contributed by atoms with Crippen LogP contribution in [0.2, 0.25) is 0 Å². The Morgan fingerprint density at radius 2 is 1.89 bits per heavy atom. The van der Waals surface area contributed by atoms with Crippen molar-refractivity contribution in [3.63, 3.8) is 0 Å². The average Bonchev–Trinajstić information content (AvgIpc) is 2.42. The van der Waals surface area contributed by atoms with Crippen LogP contribution in [0.1, 0.15) is 21.5 Å². The topological polar surface area (TPSA) is 38.8 Å². The molecule has 104 valence electrons. The molecule has 0 aromatic heterocycles. The molecule has 4 nitrogen and oxygen atoms in total. The number of carbonyl (C=O) groups excluding carboxylic acids is 1. The van der Waals surface area contributed by atoms with Gasteiger partial charge in [0.1, 0.15) is 5.75 Å². The molecular formula is C15H21NO3. The van der Waals surface area contributed by atoms with E-state index in [2.05, 4.69) is 4.90 Å². The normalized spacial score (nSPS) is 16.4. The molecule has 1 heterocycles. The highest BCUT2D eigenvalue weighted by Crippen LogP contribution is 2.23. The van der Waals surface area contributed by atoms with E-state index in [1.165, 1.54) is 0 Å². The van der Waals surface area contributed by atoms with Crippen LogP contribution in [0.15, 0.2) is 12.1 Å². The Bertz CT molecular complexity index is 465. The van der Waals surface area contributed by atoms with E-state index in [0.717, 1.165) is 24.2 Å². The van der Waals surface area contributed by atoms with E-state index in [0.29, 0.717) is 31.1 Å². The first kappa shape index (κ1) is 14.0. The molecular weight excluding hydrogens is 242 g/mol. The molecule has 0 unspecified atom stereocenters. The molecule has 2 rings (SSSR count). The minimum atomic E-state index is 0.113. The summed E-state index contributed by atoms with van der Waals surface area (Å²) in [5.41, 5.74) is 2.93. The molecule has 0 N–H and O–H groups in total. The third kappa shape index (κ3) is 3.33. The summed E-state index contributed by atoms with van der Waals surface area (Å²) in [5.74, 6) is 0.781. The molecule has 0 aliphatic carbocycles. The lowest BCUT2D eigenvalue weighted by Gasteiger charge is -2.26. The first-order chi connectivity index (χ1) is 9.11. The zero-order valence-corrected chi connectivity index (χ0v) is 11.9. The molecule has 4 heteroatoms. The zero-order valence-electron chi connectivity index (χ0n) is 11.9. The summed E-state index contributed by atoms with van der Waals surface area (Å²) in [4.78, 5) is 14.5. The van der Waals surface area contributed by atoms with Gasteiger partial charge in [-0.05, 0) is 37.1 Å². The van der Waals surface area contributed by atoms with Crippen molar-refractivity contribution in [1.29, 1.82) is 0 Å². The maximum atomic E-state index is 12.4. The van der Waals surface area contributed by atoms with Gasteiger partial charge in [-0.25, -0.2) is 0 Å². The third-order valence-electron chi connectivity index (χ3n) is 3.59. The van der Waals surface area contributed by atoms with Crippen molar-refractivity contribution in [2.75, 3.05) is 40.0 Å². The van der Waals surface area contributed by atoms with Gasteiger partial charge in [-0.3, -0.25) is 9.69 Å². The fraction of sp³-hybridized carbons (Fsp3) is 0.533. The van der Waals surface area contributed by atoms with E-state index in [4.69, 9.17) is 9.47 Å². The number of ketones is 1. The van der Waals surface area contributed by atoms with Crippen molar-refractivity contribution < 1.29 is 14.3 Å². The quantitative estimate of drug-likeness (QED) is 0.777. The molecule has 0 amide bonds. The SMILES string of the molecule is COc1cc(C)c(C)cc1C(=O)CN1CCOCC1. The van der Waals surface area contributed by atoms with Gasteiger partial charge < -0.3 is 9.47 Å². The summed E-state index contributed by atoms with van der Waals surface area (Å²) in [6.07, 6.45) is 0. The molecule has 1 aliphatic heterocycles. The highest BCUT2D eigenvalue weighted by atomic mass is 16.5. The standard InChI is InChI=1S/C15H21NO3/c1-11-8-13(15(18-3)9-12(11)2)14(17)10-16-4-6-19-7-5-16/h8-9H,4-7,10H2,1-3H3. The van der Waals surface area contributed by atoms with Gasteiger partial charge in [-0.1, -0.05) is 0 Å². The monoisotopic (exact) mass is 263 g/mol. The third-order valence-corrected chi connectivity index (χ3v) is 3.59. The van der Waals surface area contributed by atoms with Crippen LogP contribution in [0.3, 0.4) is 0 Å². The fourth-order valence-electron chi connectivity index (χ4n) is 2.22. The predicted octanol–water partition coefficient (Wildman–Crippen LogP) is 1.83. The summed E-state index contributed by atoms with van der Waals surface area (Å²) in [7, 11) is 1.61. The number of carbonyl (C=O) groups is 1. The van der Waals surface area contributed by atoms with Crippen molar-refractivity contribution in [2.24, 2.45) is 0 Å². The number of aryl methyl sites for hydroxylation is 2. The number of Topliss-reactive ketones (excluding diaryl/α,β-unsaturated/α-hetero) is 1. The Labute approximate surface area is 114 Å². The van der Waals surface area contributed by atoms with Crippen LogP contribution in [0, 0.1) is 13.8 Å². The maximum absolute atomic E-state index is 12.4. The van der Waals surface area contributed by atoms with E-state index < -0.39 is 0 Å². The zero-order chi connectivity index (χ0) is 13.8. The number of ether oxygens (including phenoxy) is 2. The van der Waals surface area contributed by atoms with Crippen LogP contribution >= 0.6 is 0 Å². The van der Waals surface area contributed by atoms with Crippen molar-refractivity contribution >= 4 is 5.78 Å². The second kappa shape index (κ2) is 6.17. The van der Waals surface area contributed by atoms with E-state index in [1.54, 1.807) is 7.11 Å². The number of rotatable bonds is 4. The Hall–Kier alpha value is -1.39. The van der Waals surface area contributed by atoms with Crippen LogP contribution in [0.25, 0.3) is 0 Å². The second-order valence-corrected chi connectivity index (χ2v) is 4.95. The summed E-state index contributed by atoms with van der Waals surface area (Å²) >= 11 is 0. The fourth-order valence-corrected chi connectivity index (χ4v) is 2.22. The molecule has 0 atom stereocenters. The van der Waals surface area contributed by atoms with E-state index >= 15 is 0 Å². The maximum Gasteiger partial charge on any atom is 0.180 e. The number of hydrogen-bond donors (Lipinski definition) is 0. The lowest BCUT2D eigenvalue weighted by molar-refractivity contribution is 0.0370. The summed E-state index contributed by atoms with van der Waals surface area (Å²) in [5, 5.41) is 0. The van der Waals surface area contributed by atoms with Crippen LogP contribution in [-0.2, 0) is 4.74 Å². The molecule has 1 aliphatic rings. The highest BCUT2D eigenvalue weighted by Gasteiger charge is 2.19. The first-order valence-electron chi connectivity index (χ1n) is 6.60. The number of benzene rings is 1. The lowest BCUT2D eigenvalue weighted by atomic mass is 10.0. The van der Waals surface area contributed by atoms with Gasteiger partial charge in [-0.15, -0.1) is 0 Å². The van der Waals surface area contributed by atoms with Crippen molar-refractivity contribution in [2.45, 2.75) is 13.8 Å². The van der Waals surface area contributed by atoms with Crippen LogP contribution in [0.4, 0.5) is 0 Å². The van der Waals surface area contributed by atoms with E-state index in [-0.39, 0.29) is 5.78 Å². The number of nitrogens with zero attached hydrogens (tertiary/aromatic N) is 1. The summed E-state index contributed by atoms with van der Waals surface area (Å²) in [6, 6.07) is 3.86. The van der Waals surface area contributed by atoms with Gasteiger partial charge in [0.15, 0.2) is 5.78 Å². The first-order valence-corrected chi connectivity index (χ1v) is 6.60. The minimum absolute atomic E-state index is 0.113. The average molecular weight is 263 g/mol. The van der Waals surface area contributed by atoms with Gasteiger partial charge in [0, 0.05) is 13.1 Å². The Kier molecular flexibility index (Phi) is 4.56. The van der Waals surface area contributed by atoms with Crippen molar-refractivity contribution in [3.05, 3.63) is 28.8 Å². The predicted molar refractivity (Wildman–Crippen MR) is 74.1 cm³/mol. The second-order valence-electron chi connectivity index (χ2n) is 4.95. The van der Waals surface area contributed by atoms with Crippen LogP contribution in [0.5, 0.6) is 5.75 Å². The molecule has 0 bridgehead atoms. The minimum Gasteiger partial charge on any atom is -0.496 e. The van der Waals surface area contributed by atoms with Gasteiger partial charge in [-0.2, -0.15) is 0 Å². The van der Waals surface area contributed by atoms with Gasteiger partial charge >= 0.3 is 0 Å². The highest BCUT2D eigenvalue weighted by molar-refractivity contribution is 6.00. The molecule has 1 saturated heterocycles. The number of hydrogen-bond acceptors (Lipinski definition) is 4. The number of morpholine rings is 1. The molecule has 0 spiro atoms. The smallest absolute Gasteiger partial charge is 0.180 e. The van der Waals surface area contributed by atoms with E-state index in [9.17, 15) is 4.79 Å². The summed E-state index contributed by atoms with van der Waals surface area (Å²) < 4.78 is 10.6.